The zero-order chi connectivity index (χ0) is 53.2. The van der Waals surface area contributed by atoms with Crippen molar-refractivity contribution in [1.29, 1.82) is 0 Å². The molecule has 0 amide bonds. The maximum Gasteiger partial charge on any atom is 0.235 e. The molecule has 0 N–H and O–H groups in total. The number of hydrogen-bond acceptors (Lipinski definition) is 9. The summed E-state index contributed by atoms with van der Waals surface area (Å²) in [4.78, 5) is 42.1. The summed E-state index contributed by atoms with van der Waals surface area (Å²) in [6, 6.07) is 97.4. The normalized spacial score (nSPS) is 11.7. The Morgan fingerprint density at radius 3 is 0.925 bits per heavy atom. The highest BCUT2D eigenvalue weighted by molar-refractivity contribution is 6.05. The minimum absolute atomic E-state index is 0.484. The molecule has 0 atom stereocenters. The first-order valence-electron chi connectivity index (χ1n) is 26.6. The maximum absolute atomic E-state index is 5.47. The predicted octanol–water partition coefficient (Wildman–Crippen LogP) is 17.7. The lowest BCUT2D eigenvalue weighted by atomic mass is 9.91. The predicted molar refractivity (Wildman–Crippen MR) is 323 cm³/mol. The number of rotatable bonds is 11. The number of hydrogen-bond donors (Lipinski definition) is 0. The highest BCUT2D eigenvalue weighted by Crippen LogP contribution is 2.56. The van der Waals surface area contributed by atoms with Gasteiger partial charge in [-0.3, -0.25) is 4.90 Å². The SMILES string of the molecule is c1ccc(-c2cc(-c3cc(-c4nc(-c5ccccc5)nc(-c5ccccc5)n4)c(N4c5ccccc5N(c5nc(-c6ccccc6)cc(-c6ccccc6)n5)c5ccccc54)cc3-c3ccccc3)nc(-c3ccccc3)n2)cc1. The van der Waals surface area contributed by atoms with Crippen LogP contribution in [0, 0.1) is 0 Å². The van der Waals surface area contributed by atoms with Gasteiger partial charge < -0.3 is 4.90 Å². The summed E-state index contributed by atoms with van der Waals surface area (Å²) in [5.74, 6) is 2.72. The molecule has 9 heteroatoms. The second-order valence-electron chi connectivity index (χ2n) is 19.3. The van der Waals surface area contributed by atoms with Crippen molar-refractivity contribution < 1.29 is 0 Å². The van der Waals surface area contributed by atoms with Crippen LogP contribution in [0.15, 0.2) is 285 Å². The van der Waals surface area contributed by atoms with E-state index in [0.29, 0.717) is 29.2 Å². The van der Waals surface area contributed by atoms with Crippen LogP contribution in [0.4, 0.5) is 34.4 Å². The lowest BCUT2D eigenvalue weighted by molar-refractivity contribution is 1.06. The molecule has 80 heavy (non-hydrogen) atoms. The number of nitrogens with zero attached hydrogens (tertiary/aromatic N) is 9. The van der Waals surface area contributed by atoms with Gasteiger partial charge in [0.25, 0.3) is 0 Å². The average Bonchev–Trinajstić information content (AvgIpc) is 3.69. The maximum atomic E-state index is 5.47. The van der Waals surface area contributed by atoms with E-state index in [1.54, 1.807) is 0 Å². The van der Waals surface area contributed by atoms with E-state index >= 15 is 0 Å². The Kier molecular flexibility index (Phi) is 12.3. The standard InChI is InChI=1S/C71H47N9/c1-8-26-48(27-9-1)55-45-66(79-62-40-22-24-42-64(62)80(65-43-25-23-41-63(65)79)71-74-59(50-30-12-3-13-31-50)46-60(75-71)51-32-14-4-15-33-51)57(70-77-68(53-36-18-6-19-37-53)76-69(78-70)54-38-20-7-21-39-54)44-56(55)61-47-58(49-28-10-2-11-29-49)72-67(73-61)52-34-16-5-17-35-52/h1-47H. The lowest BCUT2D eigenvalue weighted by Gasteiger charge is -2.40. The van der Waals surface area contributed by atoms with Crippen LogP contribution in [0.3, 0.4) is 0 Å². The first-order valence-corrected chi connectivity index (χ1v) is 26.6. The van der Waals surface area contributed by atoms with E-state index in [1.807, 2.05) is 133 Å². The summed E-state index contributed by atoms with van der Waals surface area (Å²) in [6.07, 6.45) is 0. The van der Waals surface area contributed by atoms with Gasteiger partial charge in [-0.1, -0.05) is 237 Å². The molecule has 0 saturated heterocycles. The van der Waals surface area contributed by atoms with Gasteiger partial charge in [0.2, 0.25) is 5.95 Å². The third kappa shape index (κ3) is 9.10. The highest BCUT2D eigenvalue weighted by atomic mass is 15.3. The van der Waals surface area contributed by atoms with Crippen LogP contribution in [0.1, 0.15) is 0 Å². The van der Waals surface area contributed by atoms with Crippen LogP contribution < -0.4 is 9.80 Å². The molecule has 0 radical (unpaired) electrons. The number of para-hydroxylation sites is 4. The Bertz CT molecular complexity index is 4120. The van der Waals surface area contributed by atoms with Gasteiger partial charge in [0.1, 0.15) is 0 Å². The van der Waals surface area contributed by atoms with Crippen molar-refractivity contribution in [2.45, 2.75) is 0 Å². The molecule has 0 fully saturated rings. The second-order valence-corrected chi connectivity index (χ2v) is 19.3. The third-order valence-corrected chi connectivity index (χ3v) is 14.3. The molecule has 0 spiro atoms. The van der Waals surface area contributed by atoms with Crippen molar-refractivity contribution in [2.75, 3.05) is 9.80 Å². The van der Waals surface area contributed by atoms with E-state index in [2.05, 4.69) is 161 Å². The van der Waals surface area contributed by atoms with Crippen molar-refractivity contribution in [3.8, 4) is 102 Å². The number of aromatic nitrogens is 7. The smallest absolute Gasteiger partial charge is 0.235 e. The highest BCUT2D eigenvalue weighted by Gasteiger charge is 2.35. The molecule has 9 nitrogen and oxygen atoms in total. The van der Waals surface area contributed by atoms with E-state index in [4.69, 9.17) is 34.9 Å². The van der Waals surface area contributed by atoms with Crippen molar-refractivity contribution in [1.82, 2.24) is 34.9 Å². The van der Waals surface area contributed by atoms with Gasteiger partial charge in [-0.15, -0.1) is 0 Å². The first-order chi connectivity index (χ1) is 39.7. The molecule has 14 rings (SSSR count). The Morgan fingerprint density at radius 2 is 0.500 bits per heavy atom. The van der Waals surface area contributed by atoms with Gasteiger partial charge in [-0.25, -0.2) is 34.9 Å². The minimum Gasteiger partial charge on any atom is -0.306 e. The molecular formula is C71H47N9. The minimum atomic E-state index is 0.484. The van der Waals surface area contributed by atoms with E-state index in [0.717, 1.165) is 107 Å². The number of benzene rings is 10. The van der Waals surface area contributed by atoms with Crippen LogP contribution in [-0.2, 0) is 0 Å². The Labute approximate surface area is 463 Å². The monoisotopic (exact) mass is 1030 g/mol. The summed E-state index contributed by atoms with van der Waals surface area (Å²) < 4.78 is 0. The molecule has 13 aromatic rings. The Balaban J connectivity index is 1.07. The van der Waals surface area contributed by atoms with Crippen molar-refractivity contribution in [3.05, 3.63) is 285 Å². The van der Waals surface area contributed by atoms with Crippen LogP contribution in [0.5, 0.6) is 0 Å². The van der Waals surface area contributed by atoms with Crippen LogP contribution in [0.2, 0.25) is 0 Å². The molecule has 376 valence electrons. The summed E-state index contributed by atoms with van der Waals surface area (Å²) in [5.41, 5.74) is 16.7. The second kappa shape index (κ2) is 20.8. The first kappa shape index (κ1) is 47.4. The molecule has 0 bridgehead atoms. The van der Waals surface area contributed by atoms with Gasteiger partial charge in [0, 0.05) is 44.5 Å². The summed E-state index contributed by atoms with van der Waals surface area (Å²) >= 11 is 0. The summed E-state index contributed by atoms with van der Waals surface area (Å²) in [7, 11) is 0. The van der Waals surface area contributed by atoms with E-state index in [9.17, 15) is 0 Å². The van der Waals surface area contributed by atoms with Crippen molar-refractivity contribution >= 4 is 34.4 Å². The van der Waals surface area contributed by atoms with Crippen molar-refractivity contribution in [3.63, 3.8) is 0 Å². The lowest BCUT2D eigenvalue weighted by Crippen LogP contribution is -2.26. The molecule has 4 heterocycles. The molecule has 3 aromatic heterocycles. The quantitative estimate of drug-likeness (QED) is 0.125. The summed E-state index contributed by atoms with van der Waals surface area (Å²) in [5, 5.41) is 0. The molecule has 0 aliphatic carbocycles. The fourth-order valence-electron chi connectivity index (χ4n) is 10.5. The molecule has 1 aliphatic heterocycles. The Morgan fingerprint density at radius 1 is 0.188 bits per heavy atom. The largest absolute Gasteiger partial charge is 0.306 e. The Hall–Kier alpha value is -11.0. The fraction of sp³-hybridized carbons (Fsp3) is 0. The zero-order valence-electron chi connectivity index (χ0n) is 43.2. The fourth-order valence-corrected chi connectivity index (χ4v) is 10.5. The van der Waals surface area contributed by atoms with Gasteiger partial charge >= 0.3 is 0 Å². The van der Waals surface area contributed by atoms with E-state index < -0.39 is 0 Å². The zero-order valence-corrected chi connectivity index (χ0v) is 43.2. The average molecular weight is 1030 g/mol. The molecule has 0 saturated carbocycles. The van der Waals surface area contributed by atoms with Gasteiger partial charge in [-0.2, -0.15) is 0 Å². The van der Waals surface area contributed by atoms with E-state index in [1.165, 1.54) is 0 Å². The number of fused-ring (bicyclic) bond motifs is 2. The van der Waals surface area contributed by atoms with Crippen LogP contribution in [-0.4, -0.2) is 34.9 Å². The van der Waals surface area contributed by atoms with Crippen LogP contribution in [0.25, 0.3) is 102 Å². The molecule has 1 aliphatic rings. The van der Waals surface area contributed by atoms with Gasteiger partial charge in [-0.05, 0) is 59.7 Å². The van der Waals surface area contributed by atoms with E-state index in [-0.39, 0.29) is 0 Å². The summed E-state index contributed by atoms with van der Waals surface area (Å²) in [6.45, 7) is 0. The third-order valence-electron chi connectivity index (χ3n) is 14.3. The van der Waals surface area contributed by atoms with Gasteiger partial charge in [0.15, 0.2) is 23.3 Å². The van der Waals surface area contributed by atoms with Gasteiger partial charge in [0.05, 0.1) is 51.2 Å². The molecular weight excluding hydrogens is 979 g/mol. The van der Waals surface area contributed by atoms with Crippen molar-refractivity contribution in [2.24, 2.45) is 0 Å². The molecule has 10 aromatic carbocycles. The number of anilines is 6. The topological polar surface area (TPSA) is 96.7 Å². The van der Waals surface area contributed by atoms with Crippen LogP contribution >= 0.6 is 0 Å². The molecule has 0 unspecified atom stereocenters.